The molecule has 1 N–H and O–H groups in total. The highest BCUT2D eigenvalue weighted by Gasteiger charge is 2.28. The number of esters is 1. The van der Waals surface area contributed by atoms with E-state index >= 15 is 0 Å². The zero-order valence-electron chi connectivity index (χ0n) is 19.5. The van der Waals surface area contributed by atoms with Crippen LogP contribution in [0.2, 0.25) is 0 Å². The van der Waals surface area contributed by atoms with Crippen LogP contribution in [0.25, 0.3) is 0 Å². The van der Waals surface area contributed by atoms with Crippen molar-refractivity contribution in [1.29, 1.82) is 0 Å². The summed E-state index contributed by atoms with van der Waals surface area (Å²) in [4.78, 5) is 41.6. The Bertz CT molecular complexity index is 1010. The molecule has 0 bridgehead atoms. The number of ether oxygens (including phenoxy) is 2. The number of hydrogen-bond donors (Lipinski definition) is 1. The number of para-hydroxylation sites is 1. The molecule has 0 saturated carbocycles. The number of rotatable bonds is 7. The summed E-state index contributed by atoms with van der Waals surface area (Å²) in [5.74, 6) is -0.145. The first kappa shape index (κ1) is 23.6. The summed E-state index contributed by atoms with van der Waals surface area (Å²) in [6, 6.07) is 14.5. The predicted molar refractivity (Wildman–Crippen MR) is 129 cm³/mol. The fraction of sp³-hybridized carbons (Fsp3) is 0.423. The van der Waals surface area contributed by atoms with Gasteiger partial charge in [-0.1, -0.05) is 18.2 Å². The molecule has 4 rings (SSSR count). The topological polar surface area (TPSA) is 88.2 Å². The number of amides is 2. The van der Waals surface area contributed by atoms with Gasteiger partial charge in [-0.15, -0.1) is 0 Å². The first-order valence-electron chi connectivity index (χ1n) is 11.8. The average molecular weight is 466 g/mol. The molecule has 2 saturated heterocycles. The van der Waals surface area contributed by atoms with E-state index in [1.165, 1.54) is 7.11 Å². The van der Waals surface area contributed by atoms with Gasteiger partial charge in [-0.05, 0) is 56.0 Å². The van der Waals surface area contributed by atoms with E-state index in [4.69, 9.17) is 9.47 Å². The molecular formula is C26H31N3O5. The molecule has 180 valence electrons. The molecule has 2 aromatic rings. The lowest BCUT2D eigenvalue weighted by Crippen LogP contribution is -2.43. The zero-order chi connectivity index (χ0) is 23.9. The van der Waals surface area contributed by atoms with Crippen molar-refractivity contribution in [2.24, 2.45) is 5.92 Å². The lowest BCUT2D eigenvalue weighted by atomic mass is 9.95. The van der Waals surface area contributed by atoms with Crippen LogP contribution in [0.1, 0.15) is 36.0 Å². The van der Waals surface area contributed by atoms with Gasteiger partial charge in [-0.25, -0.2) is 4.79 Å². The van der Waals surface area contributed by atoms with Crippen LogP contribution in [0.3, 0.4) is 0 Å². The number of nitrogens with zero attached hydrogens (tertiary/aromatic N) is 2. The first-order chi connectivity index (χ1) is 16.5. The monoisotopic (exact) mass is 465 g/mol. The molecule has 0 aromatic heterocycles. The molecule has 2 aliphatic heterocycles. The normalized spacial score (nSPS) is 16.3. The molecule has 2 aliphatic rings. The Hall–Kier alpha value is -3.55. The second-order valence-electron chi connectivity index (χ2n) is 8.66. The SMILES string of the molecule is COC(=O)c1ccc(N2CCCC2)c(NC(=O)C2CCN(C(=O)COc3ccccc3)CC2)c1. The number of carbonyl (C=O) groups is 3. The van der Waals surface area contributed by atoms with Crippen LogP contribution in [0.5, 0.6) is 5.75 Å². The Morgan fingerprint density at radius 1 is 0.971 bits per heavy atom. The molecule has 0 spiro atoms. The van der Waals surface area contributed by atoms with Crippen molar-refractivity contribution in [3.05, 3.63) is 54.1 Å². The van der Waals surface area contributed by atoms with Crippen LogP contribution in [0, 0.1) is 5.92 Å². The van der Waals surface area contributed by atoms with E-state index < -0.39 is 5.97 Å². The van der Waals surface area contributed by atoms with Gasteiger partial charge in [0.25, 0.3) is 5.91 Å². The van der Waals surface area contributed by atoms with Crippen molar-refractivity contribution in [1.82, 2.24) is 4.90 Å². The summed E-state index contributed by atoms with van der Waals surface area (Å²) >= 11 is 0. The summed E-state index contributed by atoms with van der Waals surface area (Å²) in [5.41, 5.74) is 1.95. The van der Waals surface area contributed by atoms with Crippen LogP contribution < -0.4 is 15.0 Å². The van der Waals surface area contributed by atoms with Crippen molar-refractivity contribution in [3.63, 3.8) is 0 Å². The van der Waals surface area contributed by atoms with Gasteiger partial charge in [0.15, 0.2) is 6.61 Å². The van der Waals surface area contributed by atoms with Crippen molar-refractivity contribution in [3.8, 4) is 5.75 Å². The molecule has 2 amide bonds. The number of nitrogens with one attached hydrogen (secondary N) is 1. The summed E-state index contributed by atoms with van der Waals surface area (Å²) in [5, 5.41) is 3.05. The Morgan fingerprint density at radius 3 is 2.35 bits per heavy atom. The highest BCUT2D eigenvalue weighted by Crippen LogP contribution is 2.31. The third-order valence-electron chi connectivity index (χ3n) is 6.45. The Morgan fingerprint density at radius 2 is 1.68 bits per heavy atom. The molecule has 0 atom stereocenters. The largest absolute Gasteiger partial charge is 0.484 e. The molecule has 8 nitrogen and oxygen atoms in total. The number of benzene rings is 2. The molecule has 0 unspecified atom stereocenters. The Labute approximate surface area is 199 Å². The molecule has 8 heteroatoms. The van der Waals surface area contributed by atoms with Gasteiger partial charge < -0.3 is 24.6 Å². The van der Waals surface area contributed by atoms with Crippen molar-refractivity contribution in [2.45, 2.75) is 25.7 Å². The van der Waals surface area contributed by atoms with E-state index in [0.29, 0.717) is 42.9 Å². The van der Waals surface area contributed by atoms with E-state index in [1.54, 1.807) is 17.0 Å². The molecule has 2 aromatic carbocycles. The number of hydrogen-bond acceptors (Lipinski definition) is 6. The van der Waals surface area contributed by atoms with Gasteiger partial charge in [0.1, 0.15) is 5.75 Å². The average Bonchev–Trinajstić information content (AvgIpc) is 3.42. The minimum atomic E-state index is -0.437. The third kappa shape index (κ3) is 5.68. The Kier molecular flexibility index (Phi) is 7.67. The van der Waals surface area contributed by atoms with Crippen LogP contribution in [0.4, 0.5) is 11.4 Å². The van der Waals surface area contributed by atoms with Crippen LogP contribution in [-0.2, 0) is 14.3 Å². The maximum atomic E-state index is 13.1. The van der Waals surface area contributed by atoms with E-state index in [-0.39, 0.29) is 24.3 Å². The van der Waals surface area contributed by atoms with Crippen LogP contribution in [0.15, 0.2) is 48.5 Å². The lowest BCUT2D eigenvalue weighted by molar-refractivity contribution is -0.136. The summed E-state index contributed by atoms with van der Waals surface area (Å²) in [7, 11) is 1.34. The van der Waals surface area contributed by atoms with Crippen molar-refractivity contribution < 1.29 is 23.9 Å². The molecular weight excluding hydrogens is 434 g/mol. The minimum Gasteiger partial charge on any atom is -0.484 e. The smallest absolute Gasteiger partial charge is 0.337 e. The number of piperidine rings is 1. The van der Waals surface area contributed by atoms with Gasteiger partial charge in [-0.3, -0.25) is 9.59 Å². The second-order valence-corrected chi connectivity index (χ2v) is 8.66. The quantitative estimate of drug-likeness (QED) is 0.631. The predicted octanol–water partition coefficient (Wildman–Crippen LogP) is 3.33. The second kappa shape index (κ2) is 11.0. The molecule has 2 fully saturated rings. The van der Waals surface area contributed by atoms with E-state index in [9.17, 15) is 14.4 Å². The highest BCUT2D eigenvalue weighted by molar-refractivity contribution is 5.99. The summed E-state index contributed by atoms with van der Waals surface area (Å²) in [6.07, 6.45) is 3.37. The van der Waals surface area contributed by atoms with Crippen LogP contribution in [-0.4, -0.2) is 62.6 Å². The van der Waals surface area contributed by atoms with Gasteiger partial charge in [-0.2, -0.15) is 0 Å². The number of carbonyl (C=O) groups excluding carboxylic acids is 3. The van der Waals surface area contributed by atoms with Gasteiger partial charge >= 0.3 is 5.97 Å². The molecule has 0 aliphatic carbocycles. The van der Waals surface area contributed by atoms with E-state index in [0.717, 1.165) is 31.6 Å². The van der Waals surface area contributed by atoms with Crippen molar-refractivity contribution in [2.75, 3.05) is 50.1 Å². The number of anilines is 2. The summed E-state index contributed by atoms with van der Waals surface area (Å²) in [6.45, 7) is 2.85. The summed E-state index contributed by atoms with van der Waals surface area (Å²) < 4.78 is 10.4. The van der Waals surface area contributed by atoms with E-state index in [1.807, 2.05) is 36.4 Å². The maximum absolute atomic E-state index is 13.1. The van der Waals surface area contributed by atoms with Crippen molar-refractivity contribution >= 4 is 29.2 Å². The standard InChI is InChI=1S/C26H31N3O5/c1-33-26(32)20-9-10-23(28-13-5-6-14-28)22(17-20)27-25(31)19-11-15-29(16-12-19)24(30)18-34-21-7-3-2-4-8-21/h2-4,7-10,17,19H,5-6,11-16,18H2,1H3,(H,27,31). The maximum Gasteiger partial charge on any atom is 0.337 e. The first-order valence-corrected chi connectivity index (χ1v) is 11.8. The fourth-order valence-corrected chi connectivity index (χ4v) is 4.49. The zero-order valence-corrected chi connectivity index (χ0v) is 19.5. The van der Waals surface area contributed by atoms with Gasteiger partial charge in [0.05, 0.1) is 24.0 Å². The van der Waals surface area contributed by atoms with Crippen LogP contribution >= 0.6 is 0 Å². The Balaban J connectivity index is 1.35. The molecule has 34 heavy (non-hydrogen) atoms. The number of likely N-dealkylation sites (tertiary alicyclic amines) is 1. The highest BCUT2D eigenvalue weighted by atomic mass is 16.5. The fourth-order valence-electron chi connectivity index (χ4n) is 4.49. The third-order valence-corrected chi connectivity index (χ3v) is 6.45. The lowest BCUT2D eigenvalue weighted by Gasteiger charge is -2.31. The minimum absolute atomic E-state index is 0.0135. The van der Waals surface area contributed by atoms with E-state index in [2.05, 4.69) is 10.2 Å². The number of methoxy groups -OCH3 is 1. The van der Waals surface area contributed by atoms with Gasteiger partial charge in [0.2, 0.25) is 5.91 Å². The molecule has 2 heterocycles. The molecule has 0 radical (unpaired) electrons. The van der Waals surface area contributed by atoms with Gasteiger partial charge in [0, 0.05) is 32.1 Å².